The minimum absolute atomic E-state index is 0.285. The molecule has 4 aromatic rings. The number of alkyl halides is 3. The second kappa shape index (κ2) is 8.85. The number of para-hydroxylation sites is 1. The standard InChI is InChI=1S/C26H21ClF3N3O2/c1-35-17-9-6-15(7-10-17)24-23-18(19-14-16(27)8-11-21(19)31-23)12-13-33(24)25(34)32-22-5-3-2-4-20(22)26(28,29)30/h2-11,14,24,31H,12-13H2,1H3,(H,32,34). The van der Waals surface area contributed by atoms with Crippen LogP contribution >= 0.6 is 11.6 Å². The van der Waals surface area contributed by atoms with Gasteiger partial charge >= 0.3 is 12.2 Å². The van der Waals surface area contributed by atoms with Crippen molar-refractivity contribution in [2.75, 3.05) is 19.0 Å². The quantitative estimate of drug-likeness (QED) is 0.318. The predicted octanol–water partition coefficient (Wildman–Crippen LogP) is 7.03. The molecule has 35 heavy (non-hydrogen) atoms. The normalized spacial score (nSPS) is 15.7. The molecule has 0 bridgehead atoms. The first-order chi connectivity index (χ1) is 16.8. The van der Waals surface area contributed by atoms with Crippen molar-refractivity contribution >= 4 is 34.2 Å². The van der Waals surface area contributed by atoms with Gasteiger partial charge in [0.05, 0.1) is 24.4 Å². The van der Waals surface area contributed by atoms with Crippen molar-refractivity contribution in [3.63, 3.8) is 0 Å². The molecular weight excluding hydrogens is 479 g/mol. The first-order valence-corrected chi connectivity index (χ1v) is 11.3. The van der Waals surface area contributed by atoms with Crippen LogP contribution in [0, 0.1) is 0 Å². The molecule has 5 nitrogen and oxygen atoms in total. The third kappa shape index (κ3) is 4.30. The number of anilines is 1. The molecule has 0 saturated heterocycles. The third-order valence-corrected chi connectivity index (χ3v) is 6.49. The average molecular weight is 500 g/mol. The van der Waals surface area contributed by atoms with Crippen LogP contribution in [0.4, 0.5) is 23.7 Å². The van der Waals surface area contributed by atoms with Gasteiger partial charge < -0.3 is 19.9 Å². The van der Waals surface area contributed by atoms with Gasteiger partial charge in [-0.15, -0.1) is 0 Å². The number of carbonyl (C=O) groups is 1. The minimum Gasteiger partial charge on any atom is -0.497 e. The molecule has 2 heterocycles. The number of hydrogen-bond acceptors (Lipinski definition) is 2. The van der Waals surface area contributed by atoms with Gasteiger partial charge in [-0.1, -0.05) is 35.9 Å². The van der Waals surface area contributed by atoms with Crippen molar-refractivity contribution in [1.82, 2.24) is 9.88 Å². The number of urea groups is 1. The molecular formula is C26H21ClF3N3O2. The van der Waals surface area contributed by atoms with Gasteiger partial charge in [0.1, 0.15) is 5.75 Å². The topological polar surface area (TPSA) is 57.4 Å². The Kier molecular flexibility index (Phi) is 5.84. The fourth-order valence-electron chi connectivity index (χ4n) is 4.64. The number of H-pyrrole nitrogens is 1. The lowest BCUT2D eigenvalue weighted by Gasteiger charge is -2.36. The van der Waals surface area contributed by atoms with Crippen LogP contribution in [0.3, 0.4) is 0 Å². The van der Waals surface area contributed by atoms with E-state index in [0.717, 1.165) is 33.8 Å². The van der Waals surface area contributed by atoms with Crippen LogP contribution in [0.2, 0.25) is 5.02 Å². The maximum Gasteiger partial charge on any atom is 0.418 e. The summed E-state index contributed by atoms with van der Waals surface area (Å²) in [5.41, 5.74) is 2.33. The average Bonchev–Trinajstić information content (AvgIpc) is 3.21. The number of aromatic nitrogens is 1. The van der Waals surface area contributed by atoms with Crippen LogP contribution in [0.15, 0.2) is 66.7 Å². The van der Waals surface area contributed by atoms with E-state index in [9.17, 15) is 18.0 Å². The Balaban J connectivity index is 1.58. The van der Waals surface area contributed by atoms with Crippen molar-refractivity contribution in [2.45, 2.75) is 18.6 Å². The molecule has 3 aromatic carbocycles. The summed E-state index contributed by atoms with van der Waals surface area (Å²) in [7, 11) is 1.56. The van der Waals surface area contributed by atoms with E-state index >= 15 is 0 Å². The number of methoxy groups -OCH3 is 1. The van der Waals surface area contributed by atoms with E-state index in [4.69, 9.17) is 16.3 Å². The number of rotatable bonds is 3. The van der Waals surface area contributed by atoms with E-state index < -0.39 is 23.8 Å². The van der Waals surface area contributed by atoms with E-state index in [-0.39, 0.29) is 5.69 Å². The Labute approximate surface area is 204 Å². The maximum absolute atomic E-state index is 13.5. The van der Waals surface area contributed by atoms with Crippen molar-refractivity contribution in [2.24, 2.45) is 0 Å². The van der Waals surface area contributed by atoms with Crippen LogP contribution in [0.25, 0.3) is 10.9 Å². The van der Waals surface area contributed by atoms with E-state index in [1.807, 2.05) is 24.3 Å². The summed E-state index contributed by atoms with van der Waals surface area (Å²) in [6.45, 7) is 0.309. The van der Waals surface area contributed by atoms with Gasteiger partial charge in [-0.2, -0.15) is 13.2 Å². The lowest BCUT2D eigenvalue weighted by Crippen LogP contribution is -2.43. The summed E-state index contributed by atoms with van der Waals surface area (Å²) in [5, 5.41) is 4.06. The van der Waals surface area contributed by atoms with Crippen LogP contribution in [0.1, 0.15) is 28.4 Å². The number of hydrogen-bond donors (Lipinski definition) is 2. The number of fused-ring (bicyclic) bond motifs is 3. The van der Waals surface area contributed by atoms with Gasteiger partial charge in [-0.05, 0) is 60.0 Å². The van der Waals surface area contributed by atoms with E-state index in [1.54, 1.807) is 30.2 Å². The Bertz CT molecular complexity index is 1400. The lowest BCUT2D eigenvalue weighted by molar-refractivity contribution is -0.136. The molecule has 2 amide bonds. The Hall–Kier alpha value is -3.65. The summed E-state index contributed by atoms with van der Waals surface area (Å²) < 4.78 is 45.8. The zero-order valence-corrected chi connectivity index (χ0v) is 19.4. The summed E-state index contributed by atoms with van der Waals surface area (Å²) in [5.74, 6) is 0.656. The molecule has 180 valence electrons. The van der Waals surface area contributed by atoms with Crippen LogP contribution in [-0.4, -0.2) is 29.6 Å². The highest BCUT2D eigenvalue weighted by Crippen LogP contribution is 2.40. The predicted molar refractivity (Wildman–Crippen MR) is 129 cm³/mol. The number of ether oxygens (including phenoxy) is 1. The number of amides is 2. The van der Waals surface area contributed by atoms with Crippen molar-refractivity contribution in [3.05, 3.63) is 94.1 Å². The molecule has 0 fully saturated rings. The molecule has 1 unspecified atom stereocenters. The van der Waals surface area contributed by atoms with E-state index in [0.29, 0.717) is 23.7 Å². The van der Waals surface area contributed by atoms with E-state index in [2.05, 4.69) is 10.3 Å². The minimum atomic E-state index is -4.59. The highest BCUT2D eigenvalue weighted by molar-refractivity contribution is 6.31. The smallest absolute Gasteiger partial charge is 0.418 e. The van der Waals surface area contributed by atoms with Crippen molar-refractivity contribution in [3.8, 4) is 5.75 Å². The van der Waals surface area contributed by atoms with Gasteiger partial charge in [0.15, 0.2) is 0 Å². The largest absolute Gasteiger partial charge is 0.497 e. The molecule has 5 rings (SSSR count). The number of halogens is 4. The monoisotopic (exact) mass is 499 g/mol. The number of nitrogens with one attached hydrogen (secondary N) is 2. The summed E-state index contributed by atoms with van der Waals surface area (Å²) >= 11 is 6.23. The first-order valence-electron chi connectivity index (χ1n) is 10.9. The SMILES string of the molecule is COc1ccc(C2c3[nH]c4ccc(Cl)cc4c3CCN2C(=O)Nc2ccccc2C(F)(F)F)cc1. The van der Waals surface area contributed by atoms with Gasteiger partial charge in [0.2, 0.25) is 0 Å². The number of aromatic amines is 1. The van der Waals surface area contributed by atoms with E-state index in [1.165, 1.54) is 18.2 Å². The Morgan fingerprint density at radius 2 is 1.86 bits per heavy atom. The molecule has 0 spiro atoms. The fourth-order valence-corrected chi connectivity index (χ4v) is 4.81. The summed E-state index contributed by atoms with van der Waals surface area (Å²) in [6.07, 6.45) is -4.07. The van der Waals surface area contributed by atoms with Crippen LogP contribution in [-0.2, 0) is 12.6 Å². The maximum atomic E-state index is 13.5. The van der Waals surface area contributed by atoms with Gasteiger partial charge in [-0.3, -0.25) is 0 Å². The Morgan fingerprint density at radius 1 is 1.11 bits per heavy atom. The fraction of sp³-hybridized carbons (Fsp3) is 0.192. The van der Waals surface area contributed by atoms with Crippen molar-refractivity contribution < 1.29 is 22.7 Å². The molecule has 1 atom stereocenters. The molecule has 0 saturated carbocycles. The summed E-state index contributed by atoms with van der Waals surface area (Å²) in [6, 6.07) is 16.6. The van der Waals surface area contributed by atoms with Gasteiger partial charge in [0, 0.05) is 28.2 Å². The number of nitrogens with zero attached hydrogens (tertiary/aromatic N) is 1. The molecule has 0 aliphatic carbocycles. The highest BCUT2D eigenvalue weighted by Gasteiger charge is 2.37. The molecule has 1 aromatic heterocycles. The van der Waals surface area contributed by atoms with Crippen LogP contribution < -0.4 is 10.1 Å². The number of benzene rings is 3. The molecule has 2 N–H and O–H groups in total. The molecule has 1 aliphatic rings. The number of carbonyl (C=O) groups excluding carboxylic acids is 1. The van der Waals surface area contributed by atoms with Gasteiger partial charge in [-0.25, -0.2) is 4.79 Å². The van der Waals surface area contributed by atoms with Crippen molar-refractivity contribution in [1.29, 1.82) is 0 Å². The second-order valence-corrected chi connectivity index (χ2v) is 8.74. The van der Waals surface area contributed by atoms with Gasteiger partial charge in [0.25, 0.3) is 0 Å². The second-order valence-electron chi connectivity index (χ2n) is 8.30. The zero-order chi connectivity index (χ0) is 24.7. The molecule has 1 aliphatic heterocycles. The zero-order valence-electron chi connectivity index (χ0n) is 18.6. The molecule has 0 radical (unpaired) electrons. The third-order valence-electron chi connectivity index (χ3n) is 6.26. The summed E-state index contributed by atoms with van der Waals surface area (Å²) in [4.78, 5) is 18.4. The first kappa shape index (κ1) is 23.1. The van der Waals surface area contributed by atoms with Crippen LogP contribution in [0.5, 0.6) is 5.75 Å². The highest BCUT2D eigenvalue weighted by atomic mass is 35.5. The lowest BCUT2D eigenvalue weighted by atomic mass is 9.92. The Morgan fingerprint density at radius 3 is 2.57 bits per heavy atom. The molecule has 9 heteroatoms.